The summed E-state index contributed by atoms with van der Waals surface area (Å²) in [6.45, 7) is 0.182. The average molecular weight is 339 g/mol. The van der Waals surface area contributed by atoms with E-state index in [0.717, 1.165) is 9.87 Å². The summed E-state index contributed by atoms with van der Waals surface area (Å²) in [5.74, 6) is -0.324. The fraction of sp³-hybridized carbons (Fsp3) is 0.455. The fourth-order valence-corrected chi connectivity index (χ4v) is 5.37. The monoisotopic (exact) mass is 338 g/mol. The Morgan fingerprint density at radius 2 is 1.85 bits per heavy atom. The van der Waals surface area contributed by atoms with Gasteiger partial charge in [0.15, 0.2) is 9.84 Å². The minimum Gasteiger partial charge on any atom is -0.326 e. The molecule has 20 heavy (non-hydrogen) atoms. The van der Waals surface area contributed by atoms with Gasteiger partial charge in [-0.1, -0.05) is 17.7 Å². The van der Waals surface area contributed by atoms with Crippen LogP contribution in [0.4, 0.5) is 0 Å². The van der Waals surface area contributed by atoms with E-state index in [1.54, 1.807) is 6.07 Å². The summed E-state index contributed by atoms with van der Waals surface area (Å²) in [4.78, 5) is -0.0179. The predicted molar refractivity (Wildman–Crippen MR) is 76.8 cm³/mol. The average Bonchev–Trinajstić information content (AvgIpc) is 2.37. The van der Waals surface area contributed by atoms with Gasteiger partial charge in [0.05, 0.1) is 16.5 Å². The van der Waals surface area contributed by atoms with Crippen LogP contribution in [-0.2, 0) is 26.4 Å². The second-order valence-corrected chi connectivity index (χ2v) is 9.14. The summed E-state index contributed by atoms with van der Waals surface area (Å²) in [6.07, 6.45) is 0. The van der Waals surface area contributed by atoms with Crippen molar-refractivity contribution in [2.45, 2.75) is 11.4 Å². The molecule has 112 valence electrons. The third-order valence-corrected chi connectivity index (χ3v) is 7.14. The standard InChI is InChI=1S/C11H15ClN2O4S2/c12-10-7-9(8-13)1-2-11(10)20(17,18)14-3-5-19(15,16)6-4-14/h1-2,7H,3-6,8,13H2. The quantitative estimate of drug-likeness (QED) is 0.850. The van der Waals surface area contributed by atoms with Crippen molar-refractivity contribution in [1.82, 2.24) is 4.31 Å². The molecule has 1 aliphatic rings. The molecule has 0 unspecified atom stereocenters. The third-order valence-electron chi connectivity index (χ3n) is 3.15. The number of sulfone groups is 1. The topological polar surface area (TPSA) is 97.5 Å². The summed E-state index contributed by atoms with van der Waals surface area (Å²) in [5, 5.41) is 0.0985. The lowest BCUT2D eigenvalue weighted by atomic mass is 10.2. The molecule has 0 amide bonds. The first-order valence-electron chi connectivity index (χ1n) is 5.95. The van der Waals surface area contributed by atoms with Crippen LogP contribution in [0.1, 0.15) is 5.56 Å². The van der Waals surface area contributed by atoms with Gasteiger partial charge in [-0.05, 0) is 17.7 Å². The Balaban J connectivity index is 2.32. The Morgan fingerprint density at radius 3 is 2.35 bits per heavy atom. The lowest BCUT2D eigenvalue weighted by Crippen LogP contribution is -2.43. The second-order valence-electron chi connectivity index (χ2n) is 4.52. The zero-order valence-corrected chi connectivity index (χ0v) is 13.0. The number of hydrogen-bond donors (Lipinski definition) is 1. The molecule has 2 rings (SSSR count). The molecule has 1 fully saturated rings. The van der Waals surface area contributed by atoms with E-state index in [4.69, 9.17) is 17.3 Å². The molecule has 0 aliphatic carbocycles. The largest absolute Gasteiger partial charge is 0.326 e. The second kappa shape index (κ2) is 5.61. The SMILES string of the molecule is NCc1ccc(S(=O)(=O)N2CCS(=O)(=O)CC2)c(Cl)c1. The van der Waals surface area contributed by atoms with Crippen molar-refractivity contribution in [2.24, 2.45) is 5.73 Å². The van der Waals surface area contributed by atoms with Crippen LogP contribution in [0.25, 0.3) is 0 Å². The van der Waals surface area contributed by atoms with Gasteiger partial charge in [0.25, 0.3) is 0 Å². The van der Waals surface area contributed by atoms with Crippen LogP contribution in [0.5, 0.6) is 0 Å². The van der Waals surface area contributed by atoms with Crippen molar-refractivity contribution in [3.05, 3.63) is 28.8 Å². The predicted octanol–water partition coefficient (Wildman–Crippen LogP) is 0.218. The maximum atomic E-state index is 12.4. The van der Waals surface area contributed by atoms with Gasteiger partial charge in [-0.2, -0.15) is 4.31 Å². The molecule has 6 nitrogen and oxygen atoms in total. The zero-order chi connectivity index (χ0) is 15.0. The van der Waals surface area contributed by atoms with Gasteiger partial charge in [-0.25, -0.2) is 16.8 Å². The summed E-state index contributed by atoms with van der Waals surface area (Å²) < 4.78 is 48.7. The highest BCUT2D eigenvalue weighted by Gasteiger charge is 2.32. The number of nitrogens with zero attached hydrogens (tertiary/aromatic N) is 1. The minimum atomic E-state index is -3.77. The van der Waals surface area contributed by atoms with Crippen LogP contribution in [0.3, 0.4) is 0 Å². The normalized spacial score (nSPS) is 19.9. The van der Waals surface area contributed by atoms with Crippen molar-refractivity contribution in [2.75, 3.05) is 24.6 Å². The van der Waals surface area contributed by atoms with Crippen LogP contribution in [0.2, 0.25) is 5.02 Å². The van der Waals surface area contributed by atoms with Gasteiger partial charge < -0.3 is 5.73 Å². The van der Waals surface area contributed by atoms with E-state index in [2.05, 4.69) is 0 Å². The first-order valence-corrected chi connectivity index (χ1v) is 9.59. The molecule has 0 atom stereocenters. The van der Waals surface area contributed by atoms with Crippen molar-refractivity contribution in [3.8, 4) is 0 Å². The van der Waals surface area contributed by atoms with Crippen molar-refractivity contribution < 1.29 is 16.8 Å². The van der Waals surface area contributed by atoms with Gasteiger partial charge in [0.1, 0.15) is 4.90 Å². The first kappa shape index (κ1) is 15.7. The highest BCUT2D eigenvalue weighted by atomic mass is 35.5. The molecule has 1 saturated heterocycles. The lowest BCUT2D eigenvalue weighted by molar-refractivity contribution is 0.431. The maximum absolute atomic E-state index is 12.4. The Hall–Kier alpha value is -0.670. The van der Waals surface area contributed by atoms with Gasteiger partial charge in [-0.3, -0.25) is 0 Å². The van der Waals surface area contributed by atoms with Crippen molar-refractivity contribution in [3.63, 3.8) is 0 Å². The molecule has 0 saturated carbocycles. The minimum absolute atomic E-state index is 0.0179. The molecule has 9 heteroatoms. The van der Waals surface area contributed by atoms with Crippen LogP contribution in [0.15, 0.2) is 23.1 Å². The number of sulfonamides is 1. The van der Waals surface area contributed by atoms with Crippen molar-refractivity contribution in [1.29, 1.82) is 0 Å². The Bertz CT molecular complexity index is 702. The summed E-state index contributed by atoms with van der Waals surface area (Å²) >= 11 is 5.99. The molecular weight excluding hydrogens is 324 g/mol. The Kier molecular flexibility index (Phi) is 4.41. The molecule has 0 radical (unpaired) electrons. The van der Waals surface area contributed by atoms with Crippen LogP contribution in [0, 0.1) is 0 Å². The molecule has 0 bridgehead atoms. The molecule has 0 aromatic heterocycles. The van der Waals surface area contributed by atoms with E-state index in [1.165, 1.54) is 12.1 Å². The van der Waals surface area contributed by atoms with E-state index in [1.807, 2.05) is 0 Å². The van der Waals surface area contributed by atoms with Crippen LogP contribution < -0.4 is 5.73 Å². The lowest BCUT2D eigenvalue weighted by Gasteiger charge is -2.26. The molecule has 1 aromatic rings. The number of rotatable bonds is 3. The molecule has 1 aromatic carbocycles. The maximum Gasteiger partial charge on any atom is 0.244 e. The van der Waals surface area contributed by atoms with E-state index in [-0.39, 0.29) is 41.1 Å². The van der Waals surface area contributed by atoms with E-state index in [9.17, 15) is 16.8 Å². The summed E-state index contributed by atoms with van der Waals surface area (Å²) in [5.41, 5.74) is 6.20. The molecule has 0 spiro atoms. The number of hydrogen-bond acceptors (Lipinski definition) is 5. The molecule has 1 aliphatic heterocycles. The van der Waals surface area contributed by atoms with E-state index in [0.29, 0.717) is 0 Å². The van der Waals surface area contributed by atoms with E-state index >= 15 is 0 Å². The zero-order valence-electron chi connectivity index (χ0n) is 10.6. The van der Waals surface area contributed by atoms with Gasteiger partial charge in [0.2, 0.25) is 10.0 Å². The van der Waals surface area contributed by atoms with Gasteiger partial charge in [-0.15, -0.1) is 0 Å². The fourth-order valence-electron chi connectivity index (χ4n) is 1.96. The van der Waals surface area contributed by atoms with Crippen molar-refractivity contribution >= 4 is 31.5 Å². The molecular formula is C11H15ClN2O4S2. The Labute approximate surface area is 123 Å². The smallest absolute Gasteiger partial charge is 0.244 e. The van der Waals surface area contributed by atoms with Gasteiger partial charge in [0, 0.05) is 19.6 Å². The highest BCUT2D eigenvalue weighted by molar-refractivity contribution is 7.92. The number of nitrogens with two attached hydrogens (primary N) is 1. The van der Waals surface area contributed by atoms with Gasteiger partial charge >= 0.3 is 0 Å². The summed E-state index contributed by atoms with van der Waals surface area (Å²) in [7, 11) is -6.91. The Morgan fingerprint density at radius 1 is 1.25 bits per heavy atom. The molecule has 2 N–H and O–H groups in total. The summed E-state index contributed by atoms with van der Waals surface area (Å²) in [6, 6.07) is 4.51. The third kappa shape index (κ3) is 3.15. The first-order chi connectivity index (χ1) is 9.26. The van der Waals surface area contributed by atoms with Crippen LogP contribution >= 0.6 is 11.6 Å². The number of benzene rings is 1. The number of halogens is 1. The molecule has 1 heterocycles. The van der Waals surface area contributed by atoms with E-state index < -0.39 is 19.9 Å². The highest BCUT2D eigenvalue weighted by Crippen LogP contribution is 2.26. The van der Waals surface area contributed by atoms with Crippen LogP contribution in [-0.4, -0.2) is 45.7 Å².